The van der Waals surface area contributed by atoms with Gasteiger partial charge in [-0.1, -0.05) is 0 Å². The van der Waals surface area contributed by atoms with E-state index in [4.69, 9.17) is 0 Å². The molecule has 1 unspecified atom stereocenters. The van der Waals surface area contributed by atoms with Crippen molar-refractivity contribution < 1.29 is 14.7 Å². The number of amides is 1. The third-order valence-corrected chi connectivity index (χ3v) is 6.85. The lowest BCUT2D eigenvalue weighted by molar-refractivity contribution is -0.148. The highest BCUT2D eigenvalue weighted by atomic mass is 16.4. The summed E-state index contributed by atoms with van der Waals surface area (Å²) in [6, 6.07) is 3.22. The maximum absolute atomic E-state index is 12.6. The molecule has 2 aromatic rings. The zero-order valence-corrected chi connectivity index (χ0v) is 17.1. The average Bonchev–Trinajstić information content (AvgIpc) is 3.41. The molecular formula is C21H26N6O3. The maximum Gasteiger partial charge on any atom is 0.326 e. The number of carbonyl (C=O) groups excluding carboxylic acids is 1. The van der Waals surface area contributed by atoms with Crippen LogP contribution in [0.15, 0.2) is 24.5 Å². The molecule has 0 aromatic carbocycles. The van der Waals surface area contributed by atoms with Gasteiger partial charge in [0.25, 0.3) is 0 Å². The first-order chi connectivity index (χ1) is 14.5. The Hall–Kier alpha value is -2.97. The quantitative estimate of drug-likeness (QED) is 0.816. The summed E-state index contributed by atoms with van der Waals surface area (Å²) in [5.41, 5.74) is 0.624. The van der Waals surface area contributed by atoms with E-state index in [-0.39, 0.29) is 17.2 Å². The zero-order valence-electron chi connectivity index (χ0n) is 17.1. The van der Waals surface area contributed by atoms with E-state index < -0.39 is 12.0 Å². The van der Waals surface area contributed by atoms with Crippen molar-refractivity contribution in [3.63, 3.8) is 0 Å². The lowest BCUT2D eigenvalue weighted by atomic mass is 9.76. The van der Waals surface area contributed by atoms with Crippen LogP contribution in [0.5, 0.6) is 0 Å². The van der Waals surface area contributed by atoms with Crippen LogP contribution in [0.2, 0.25) is 0 Å². The monoisotopic (exact) mass is 410 g/mol. The fourth-order valence-electron chi connectivity index (χ4n) is 4.87. The van der Waals surface area contributed by atoms with Crippen molar-refractivity contribution in [1.29, 1.82) is 0 Å². The number of aromatic nitrogens is 4. The number of hydrogen-bond donors (Lipinski definition) is 1. The van der Waals surface area contributed by atoms with Crippen LogP contribution in [0, 0.1) is 11.3 Å². The number of carboxylic acids is 1. The SMILES string of the molecule is Cn1ccnc1-c1ccc(N2CCC3(CC2)CC(C(=O)O)N(C(=O)C2CC2)C3)nn1. The number of nitrogens with zero attached hydrogens (tertiary/aromatic N) is 6. The van der Waals surface area contributed by atoms with Crippen LogP contribution in [-0.2, 0) is 16.6 Å². The molecule has 1 amide bonds. The van der Waals surface area contributed by atoms with E-state index in [1.807, 2.05) is 29.9 Å². The predicted molar refractivity (Wildman–Crippen MR) is 109 cm³/mol. The van der Waals surface area contributed by atoms with Gasteiger partial charge in [0.05, 0.1) is 0 Å². The van der Waals surface area contributed by atoms with Gasteiger partial charge in [0.15, 0.2) is 11.6 Å². The first kappa shape index (κ1) is 19.0. The van der Waals surface area contributed by atoms with Gasteiger partial charge in [-0.2, -0.15) is 0 Å². The van der Waals surface area contributed by atoms with Crippen LogP contribution in [-0.4, -0.2) is 67.3 Å². The number of aryl methyl sites for hydroxylation is 1. The summed E-state index contributed by atoms with van der Waals surface area (Å²) in [4.78, 5) is 32.6. The second kappa shape index (κ2) is 7.07. The largest absolute Gasteiger partial charge is 0.480 e. The molecule has 1 atom stereocenters. The number of likely N-dealkylation sites (tertiary alicyclic amines) is 1. The van der Waals surface area contributed by atoms with Crippen LogP contribution in [0.4, 0.5) is 5.82 Å². The Bertz CT molecular complexity index is 959. The predicted octanol–water partition coefficient (Wildman–Crippen LogP) is 1.56. The molecule has 3 aliphatic rings. The molecule has 5 rings (SSSR count). The third kappa shape index (κ3) is 3.32. The van der Waals surface area contributed by atoms with Crippen LogP contribution >= 0.6 is 0 Å². The molecule has 158 valence electrons. The molecule has 2 aliphatic heterocycles. The first-order valence-corrected chi connectivity index (χ1v) is 10.6. The Labute approximate surface area is 174 Å². The fraction of sp³-hybridized carbons (Fsp3) is 0.571. The summed E-state index contributed by atoms with van der Waals surface area (Å²) in [6.07, 6.45) is 7.67. The molecule has 3 fully saturated rings. The van der Waals surface area contributed by atoms with Crippen molar-refractivity contribution >= 4 is 17.7 Å². The fourth-order valence-corrected chi connectivity index (χ4v) is 4.87. The minimum absolute atomic E-state index is 0.0393. The highest BCUT2D eigenvalue weighted by Crippen LogP contribution is 2.46. The molecule has 2 aromatic heterocycles. The van der Waals surface area contributed by atoms with Gasteiger partial charge in [-0.3, -0.25) is 4.79 Å². The van der Waals surface area contributed by atoms with Crippen molar-refractivity contribution in [3.8, 4) is 11.5 Å². The number of piperidine rings is 1. The molecule has 1 aliphatic carbocycles. The van der Waals surface area contributed by atoms with Crippen molar-refractivity contribution in [2.45, 2.75) is 38.1 Å². The molecule has 0 bridgehead atoms. The summed E-state index contributed by atoms with van der Waals surface area (Å²) >= 11 is 0. The van der Waals surface area contributed by atoms with Crippen molar-refractivity contribution in [2.75, 3.05) is 24.5 Å². The Kier molecular flexibility index (Phi) is 4.48. The second-order valence-corrected chi connectivity index (χ2v) is 8.92. The van der Waals surface area contributed by atoms with Crippen molar-refractivity contribution in [1.82, 2.24) is 24.6 Å². The van der Waals surface area contributed by atoms with Crippen LogP contribution < -0.4 is 4.90 Å². The molecule has 2 saturated heterocycles. The van der Waals surface area contributed by atoms with Gasteiger partial charge in [-0.25, -0.2) is 9.78 Å². The van der Waals surface area contributed by atoms with Gasteiger partial charge in [0, 0.05) is 45.0 Å². The van der Waals surface area contributed by atoms with Crippen molar-refractivity contribution in [3.05, 3.63) is 24.5 Å². The van der Waals surface area contributed by atoms with E-state index in [0.717, 1.165) is 56.1 Å². The molecule has 1 saturated carbocycles. The minimum atomic E-state index is -0.876. The smallest absolute Gasteiger partial charge is 0.326 e. The highest BCUT2D eigenvalue weighted by Gasteiger charge is 2.51. The lowest BCUT2D eigenvalue weighted by Crippen LogP contribution is -2.43. The van der Waals surface area contributed by atoms with Gasteiger partial charge in [0.1, 0.15) is 11.7 Å². The van der Waals surface area contributed by atoms with E-state index in [9.17, 15) is 14.7 Å². The van der Waals surface area contributed by atoms with Gasteiger partial charge in [-0.15, -0.1) is 10.2 Å². The number of imidazole rings is 1. The van der Waals surface area contributed by atoms with Gasteiger partial charge < -0.3 is 19.5 Å². The Balaban J connectivity index is 1.26. The van der Waals surface area contributed by atoms with Crippen molar-refractivity contribution in [2.24, 2.45) is 18.4 Å². The Morgan fingerprint density at radius 1 is 1.17 bits per heavy atom. The normalized spacial score (nSPS) is 23.2. The van der Waals surface area contributed by atoms with Crippen LogP contribution in [0.1, 0.15) is 32.1 Å². The molecule has 9 heteroatoms. The molecule has 30 heavy (non-hydrogen) atoms. The average molecular weight is 410 g/mol. The van der Waals surface area contributed by atoms with E-state index in [2.05, 4.69) is 20.1 Å². The Morgan fingerprint density at radius 3 is 2.50 bits per heavy atom. The third-order valence-electron chi connectivity index (χ3n) is 6.85. The van der Waals surface area contributed by atoms with Gasteiger partial charge in [0.2, 0.25) is 5.91 Å². The van der Waals surface area contributed by atoms with Crippen LogP contribution in [0.25, 0.3) is 11.5 Å². The number of carbonyl (C=O) groups is 2. The minimum Gasteiger partial charge on any atom is -0.480 e. The van der Waals surface area contributed by atoms with E-state index in [0.29, 0.717) is 13.0 Å². The number of hydrogen-bond acceptors (Lipinski definition) is 6. The summed E-state index contributed by atoms with van der Waals surface area (Å²) in [5, 5.41) is 18.4. The summed E-state index contributed by atoms with van der Waals surface area (Å²) in [6.45, 7) is 2.14. The number of rotatable bonds is 4. The number of carboxylic acid groups (broad SMARTS) is 1. The second-order valence-electron chi connectivity index (χ2n) is 8.92. The topological polar surface area (TPSA) is 104 Å². The van der Waals surface area contributed by atoms with Gasteiger partial charge in [-0.05, 0) is 49.7 Å². The summed E-state index contributed by atoms with van der Waals surface area (Å²) in [5.74, 6) is 0.810. The molecule has 0 radical (unpaired) electrons. The number of aliphatic carboxylic acids is 1. The zero-order chi connectivity index (χ0) is 20.9. The standard InChI is InChI=1S/C21H26N6O3/c1-25-11-8-22-18(25)15-4-5-17(24-23-15)26-9-6-21(7-10-26)12-16(20(29)30)27(13-21)19(28)14-2-3-14/h4-5,8,11,14,16H,2-3,6-7,9-10,12-13H2,1H3,(H,29,30). The Morgan fingerprint density at radius 2 is 1.93 bits per heavy atom. The lowest BCUT2D eigenvalue weighted by Gasteiger charge is -2.39. The van der Waals surface area contributed by atoms with Gasteiger partial charge >= 0.3 is 5.97 Å². The van der Waals surface area contributed by atoms with E-state index in [1.54, 1.807) is 11.1 Å². The van der Waals surface area contributed by atoms with E-state index >= 15 is 0 Å². The molecular weight excluding hydrogens is 384 g/mol. The summed E-state index contributed by atoms with van der Waals surface area (Å²) < 4.78 is 1.90. The molecule has 1 spiro atoms. The van der Waals surface area contributed by atoms with E-state index in [1.165, 1.54) is 0 Å². The van der Waals surface area contributed by atoms with Crippen LogP contribution in [0.3, 0.4) is 0 Å². The number of anilines is 1. The highest BCUT2D eigenvalue weighted by molar-refractivity contribution is 5.87. The first-order valence-electron chi connectivity index (χ1n) is 10.6. The summed E-state index contributed by atoms with van der Waals surface area (Å²) in [7, 11) is 1.92. The maximum atomic E-state index is 12.6. The molecule has 9 nitrogen and oxygen atoms in total. The molecule has 1 N–H and O–H groups in total. The molecule has 4 heterocycles.